The number of nitrogens with one attached hydrogen (secondary N) is 1. The molecule has 0 aliphatic carbocycles. The fraction of sp³-hybridized carbons (Fsp3) is 0.381. The molecule has 2 aliphatic rings. The van der Waals surface area contributed by atoms with Crippen LogP contribution < -0.4 is 14.8 Å². The molecule has 2 heterocycles. The third-order valence-electron chi connectivity index (χ3n) is 5.16. The Morgan fingerprint density at radius 1 is 1.07 bits per heavy atom. The van der Waals surface area contributed by atoms with E-state index in [0.717, 1.165) is 19.3 Å². The average Bonchev–Trinajstić information content (AvgIpc) is 2.78. The van der Waals surface area contributed by atoms with Crippen molar-refractivity contribution in [1.82, 2.24) is 9.62 Å². The zero-order valence-corrected chi connectivity index (χ0v) is 18.0. The molecule has 4 rings (SSSR count). The van der Waals surface area contributed by atoms with Gasteiger partial charge < -0.3 is 14.8 Å². The smallest absolute Gasteiger partial charge is 0.251 e. The Morgan fingerprint density at radius 2 is 1.83 bits per heavy atom. The van der Waals surface area contributed by atoms with Gasteiger partial charge >= 0.3 is 0 Å². The van der Waals surface area contributed by atoms with Gasteiger partial charge in [0.15, 0.2) is 11.5 Å². The van der Waals surface area contributed by atoms with Crippen molar-refractivity contribution in [3.05, 3.63) is 52.5 Å². The van der Waals surface area contributed by atoms with Crippen molar-refractivity contribution in [1.29, 1.82) is 0 Å². The Morgan fingerprint density at radius 3 is 2.63 bits per heavy atom. The van der Waals surface area contributed by atoms with Gasteiger partial charge in [0.05, 0.1) is 9.92 Å². The Balaban J connectivity index is 1.46. The highest BCUT2D eigenvalue weighted by Crippen LogP contribution is 2.38. The quantitative estimate of drug-likeness (QED) is 0.756. The molecule has 0 spiro atoms. The van der Waals surface area contributed by atoms with Gasteiger partial charge in [-0.25, -0.2) is 8.42 Å². The van der Waals surface area contributed by atoms with E-state index in [9.17, 15) is 13.2 Å². The lowest BCUT2D eigenvalue weighted by atomic mass is 10.1. The molecule has 2 aromatic rings. The molecule has 1 fully saturated rings. The normalized spacial score (nSPS) is 16.8. The number of piperidine rings is 1. The van der Waals surface area contributed by atoms with Crippen LogP contribution in [0.15, 0.2) is 41.3 Å². The SMILES string of the molecule is O=C(NCc1cccc(S(=O)(=O)N2CCCCC2)c1)c1cc(Cl)c2c(c1)OCCO2. The molecule has 0 atom stereocenters. The van der Waals surface area contributed by atoms with Crippen molar-refractivity contribution in [3.63, 3.8) is 0 Å². The van der Waals surface area contributed by atoms with E-state index in [1.54, 1.807) is 30.3 Å². The van der Waals surface area contributed by atoms with E-state index in [4.69, 9.17) is 21.1 Å². The lowest BCUT2D eigenvalue weighted by Crippen LogP contribution is -2.35. The molecule has 2 aromatic carbocycles. The van der Waals surface area contributed by atoms with Crippen LogP contribution in [0.3, 0.4) is 0 Å². The van der Waals surface area contributed by atoms with Crippen molar-refractivity contribution in [2.75, 3.05) is 26.3 Å². The fourth-order valence-corrected chi connectivity index (χ4v) is 5.45. The van der Waals surface area contributed by atoms with Crippen LogP contribution in [0.1, 0.15) is 35.2 Å². The number of rotatable bonds is 5. The van der Waals surface area contributed by atoms with Gasteiger partial charge in [-0.3, -0.25) is 4.79 Å². The number of hydrogen-bond donors (Lipinski definition) is 1. The summed E-state index contributed by atoms with van der Waals surface area (Å²) in [5.74, 6) is 0.543. The number of hydrogen-bond acceptors (Lipinski definition) is 5. The molecule has 1 saturated heterocycles. The summed E-state index contributed by atoms with van der Waals surface area (Å²) < 4.78 is 38.2. The first-order valence-electron chi connectivity index (χ1n) is 9.91. The van der Waals surface area contributed by atoms with Crippen molar-refractivity contribution in [3.8, 4) is 11.5 Å². The lowest BCUT2D eigenvalue weighted by molar-refractivity contribution is 0.0949. The van der Waals surface area contributed by atoms with Gasteiger partial charge in [0.25, 0.3) is 5.91 Å². The van der Waals surface area contributed by atoms with Gasteiger partial charge in [-0.1, -0.05) is 30.2 Å². The second-order valence-electron chi connectivity index (χ2n) is 7.28. The predicted octanol–water partition coefficient (Wildman–Crippen LogP) is 3.22. The molecule has 0 aromatic heterocycles. The van der Waals surface area contributed by atoms with E-state index in [1.807, 2.05) is 0 Å². The third kappa shape index (κ3) is 4.40. The van der Waals surface area contributed by atoms with E-state index in [1.165, 1.54) is 10.4 Å². The molecule has 2 aliphatic heterocycles. The maximum Gasteiger partial charge on any atom is 0.251 e. The van der Waals surface area contributed by atoms with Gasteiger partial charge in [-0.2, -0.15) is 4.31 Å². The third-order valence-corrected chi connectivity index (χ3v) is 7.34. The molecule has 160 valence electrons. The van der Waals surface area contributed by atoms with Crippen LogP contribution in [0, 0.1) is 0 Å². The molecule has 0 unspecified atom stereocenters. The number of carbonyl (C=O) groups is 1. The van der Waals surface area contributed by atoms with E-state index in [-0.39, 0.29) is 17.3 Å². The second kappa shape index (κ2) is 8.83. The predicted molar refractivity (Wildman–Crippen MR) is 113 cm³/mol. The Bertz CT molecular complexity index is 1050. The molecule has 0 radical (unpaired) electrons. The molecule has 1 amide bonds. The first kappa shape index (κ1) is 21.0. The van der Waals surface area contributed by atoms with Crippen LogP contribution in [0.5, 0.6) is 11.5 Å². The lowest BCUT2D eigenvalue weighted by Gasteiger charge is -2.26. The summed E-state index contributed by atoms with van der Waals surface area (Å²) in [5, 5.41) is 3.12. The standard InChI is InChI=1S/C21H23ClN2O5S/c22-18-12-16(13-19-20(18)29-10-9-28-19)21(25)23-14-15-5-4-6-17(11-15)30(26,27)24-7-2-1-3-8-24/h4-6,11-13H,1-3,7-10,14H2,(H,23,25). The maximum atomic E-state index is 12.9. The van der Waals surface area contributed by atoms with E-state index in [0.29, 0.717) is 54.0 Å². The van der Waals surface area contributed by atoms with Crippen molar-refractivity contribution < 1.29 is 22.7 Å². The second-order valence-corrected chi connectivity index (χ2v) is 9.62. The molecule has 0 saturated carbocycles. The van der Waals surface area contributed by atoms with Crippen molar-refractivity contribution in [2.24, 2.45) is 0 Å². The number of fused-ring (bicyclic) bond motifs is 1. The Labute approximate surface area is 181 Å². The first-order valence-corrected chi connectivity index (χ1v) is 11.7. The Hall–Kier alpha value is -2.29. The molecular formula is C21H23ClN2O5S. The van der Waals surface area contributed by atoms with Crippen LogP contribution in [-0.4, -0.2) is 44.9 Å². The molecular weight excluding hydrogens is 428 g/mol. The summed E-state index contributed by atoms with van der Waals surface area (Å²) >= 11 is 6.20. The highest BCUT2D eigenvalue weighted by molar-refractivity contribution is 7.89. The van der Waals surface area contributed by atoms with Crippen LogP contribution in [0.4, 0.5) is 0 Å². The van der Waals surface area contributed by atoms with Gasteiger partial charge in [0.2, 0.25) is 10.0 Å². The molecule has 0 bridgehead atoms. The largest absolute Gasteiger partial charge is 0.486 e. The summed E-state index contributed by atoms with van der Waals surface area (Å²) in [6.07, 6.45) is 2.82. The highest BCUT2D eigenvalue weighted by Gasteiger charge is 2.26. The molecule has 9 heteroatoms. The summed E-state index contributed by atoms with van der Waals surface area (Å²) in [6.45, 7) is 2.10. The average molecular weight is 451 g/mol. The number of amides is 1. The minimum Gasteiger partial charge on any atom is -0.486 e. The summed E-state index contributed by atoms with van der Waals surface area (Å²) in [6, 6.07) is 9.80. The van der Waals surface area contributed by atoms with E-state index >= 15 is 0 Å². The van der Waals surface area contributed by atoms with Crippen LogP contribution in [0.2, 0.25) is 5.02 Å². The highest BCUT2D eigenvalue weighted by atomic mass is 35.5. The van der Waals surface area contributed by atoms with Gasteiger partial charge in [0, 0.05) is 25.2 Å². The van der Waals surface area contributed by atoms with E-state index in [2.05, 4.69) is 5.32 Å². The zero-order chi connectivity index (χ0) is 21.1. The zero-order valence-electron chi connectivity index (χ0n) is 16.4. The number of benzene rings is 2. The first-order chi connectivity index (χ1) is 14.4. The molecule has 30 heavy (non-hydrogen) atoms. The number of ether oxygens (including phenoxy) is 2. The molecule has 1 N–H and O–H groups in total. The minimum atomic E-state index is -3.52. The fourth-order valence-electron chi connectivity index (χ4n) is 3.60. The number of halogens is 1. The number of carbonyl (C=O) groups excluding carboxylic acids is 1. The van der Waals surface area contributed by atoms with Crippen LogP contribution >= 0.6 is 11.6 Å². The van der Waals surface area contributed by atoms with Crippen molar-refractivity contribution >= 4 is 27.5 Å². The van der Waals surface area contributed by atoms with Gasteiger partial charge in [0.1, 0.15) is 13.2 Å². The van der Waals surface area contributed by atoms with Crippen LogP contribution in [0.25, 0.3) is 0 Å². The number of sulfonamides is 1. The minimum absolute atomic E-state index is 0.189. The topological polar surface area (TPSA) is 84.9 Å². The summed E-state index contributed by atoms with van der Waals surface area (Å²) in [7, 11) is -3.52. The number of nitrogens with zero attached hydrogens (tertiary/aromatic N) is 1. The van der Waals surface area contributed by atoms with Gasteiger partial charge in [-0.05, 0) is 42.7 Å². The molecule has 7 nitrogen and oxygen atoms in total. The monoisotopic (exact) mass is 450 g/mol. The summed E-state index contributed by atoms with van der Waals surface area (Å²) in [4.78, 5) is 12.8. The Kier molecular flexibility index (Phi) is 6.17. The van der Waals surface area contributed by atoms with E-state index < -0.39 is 10.0 Å². The van der Waals surface area contributed by atoms with Crippen molar-refractivity contribution in [2.45, 2.75) is 30.7 Å². The maximum absolute atomic E-state index is 12.9. The summed E-state index contributed by atoms with van der Waals surface area (Å²) in [5.41, 5.74) is 1.05. The van der Waals surface area contributed by atoms with Gasteiger partial charge in [-0.15, -0.1) is 0 Å². The van der Waals surface area contributed by atoms with Crippen LogP contribution in [-0.2, 0) is 16.6 Å².